The molecule has 0 bridgehead atoms. The van der Waals surface area contributed by atoms with E-state index < -0.39 is 23.8 Å². The van der Waals surface area contributed by atoms with Gasteiger partial charge < -0.3 is 20.1 Å². The second-order valence-corrected chi connectivity index (χ2v) is 6.95. The Hall–Kier alpha value is -4.53. The molecule has 34 heavy (non-hydrogen) atoms. The minimum atomic E-state index is -0.512. The lowest BCUT2D eigenvalue weighted by atomic mass is 10.2. The zero-order valence-corrected chi connectivity index (χ0v) is 18.2. The number of nitrogens with one attached hydrogen (secondary N) is 2. The van der Waals surface area contributed by atoms with Crippen LogP contribution < -0.4 is 10.6 Å². The van der Waals surface area contributed by atoms with Gasteiger partial charge in [-0.3, -0.25) is 14.6 Å². The van der Waals surface area contributed by atoms with Crippen LogP contribution in [0.4, 0.5) is 0 Å². The molecule has 0 spiro atoms. The van der Waals surface area contributed by atoms with E-state index in [-0.39, 0.29) is 37.6 Å². The number of rotatable bonds is 10. The Morgan fingerprint density at radius 1 is 0.647 bits per heavy atom. The zero-order chi connectivity index (χ0) is 24.2. The summed E-state index contributed by atoms with van der Waals surface area (Å²) in [6, 6.07) is 19.8. The molecule has 0 saturated carbocycles. The Bertz CT molecular complexity index is 1050. The first kappa shape index (κ1) is 24.1. The number of nitrogens with zero attached hydrogens (tertiary/aromatic N) is 1. The van der Waals surface area contributed by atoms with Gasteiger partial charge in [-0.05, 0) is 36.4 Å². The maximum Gasteiger partial charge on any atom is 0.338 e. The van der Waals surface area contributed by atoms with Gasteiger partial charge in [-0.2, -0.15) is 0 Å². The van der Waals surface area contributed by atoms with Crippen LogP contribution in [-0.2, 0) is 9.47 Å². The van der Waals surface area contributed by atoms with Crippen molar-refractivity contribution in [2.45, 2.75) is 0 Å². The normalized spacial score (nSPS) is 10.1. The predicted octanol–water partition coefficient (Wildman–Crippen LogP) is 2.26. The van der Waals surface area contributed by atoms with Crippen LogP contribution >= 0.6 is 0 Å². The summed E-state index contributed by atoms with van der Waals surface area (Å²) in [5, 5.41) is 5.20. The van der Waals surface area contributed by atoms with Gasteiger partial charge in [0.2, 0.25) is 0 Å². The highest BCUT2D eigenvalue weighted by molar-refractivity contribution is 5.98. The van der Waals surface area contributed by atoms with Gasteiger partial charge in [0.25, 0.3) is 11.8 Å². The second-order valence-electron chi connectivity index (χ2n) is 6.95. The molecule has 2 N–H and O–H groups in total. The summed E-state index contributed by atoms with van der Waals surface area (Å²) in [5.41, 5.74) is 1.11. The van der Waals surface area contributed by atoms with E-state index in [1.807, 2.05) is 0 Å². The molecule has 0 aliphatic heterocycles. The maximum absolute atomic E-state index is 12.3. The molecule has 9 heteroatoms. The fourth-order valence-corrected chi connectivity index (χ4v) is 2.82. The number of hydrogen-bond donors (Lipinski definition) is 2. The largest absolute Gasteiger partial charge is 0.460 e. The third-order valence-corrected chi connectivity index (χ3v) is 4.52. The SMILES string of the molecule is O=C(NCCOC(=O)c1ccccc1)c1ccnc(C(=O)NCCOC(=O)c2ccccc2)c1. The topological polar surface area (TPSA) is 124 Å². The number of aromatic nitrogens is 1. The molecule has 2 aromatic carbocycles. The Morgan fingerprint density at radius 3 is 1.68 bits per heavy atom. The number of carbonyl (C=O) groups excluding carboxylic acids is 4. The van der Waals surface area contributed by atoms with Gasteiger partial charge in [0.1, 0.15) is 18.9 Å². The van der Waals surface area contributed by atoms with Crippen molar-refractivity contribution in [3.63, 3.8) is 0 Å². The molecule has 1 aromatic heterocycles. The molecule has 1 heterocycles. The predicted molar refractivity (Wildman–Crippen MR) is 122 cm³/mol. The first-order chi connectivity index (χ1) is 16.5. The van der Waals surface area contributed by atoms with E-state index >= 15 is 0 Å². The van der Waals surface area contributed by atoms with Crippen LogP contribution in [0, 0.1) is 0 Å². The monoisotopic (exact) mass is 461 g/mol. The lowest BCUT2D eigenvalue weighted by Gasteiger charge is -2.09. The molecule has 0 aliphatic carbocycles. The number of benzene rings is 2. The lowest BCUT2D eigenvalue weighted by Crippen LogP contribution is -2.30. The molecule has 0 aliphatic rings. The van der Waals surface area contributed by atoms with Gasteiger partial charge in [0.15, 0.2) is 0 Å². The van der Waals surface area contributed by atoms with Crippen molar-refractivity contribution in [1.82, 2.24) is 15.6 Å². The van der Waals surface area contributed by atoms with Crippen molar-refractivity contribution in [3.05, 3.63) is 101 Å². The number of carbonyl (C=O) groups is 4. The van der Waals surface area contributed by atoms with Gasteiger partial charge in [0.05, 0.1) is 24.2 Å². The highest BCUT2D eigenvalue weighted by Crippen LogP contribution is 2.04. The molecular weight excluding hydrogens is 438 g/mol. The Balaban J connectivity index is 1.39. The molecule has 9 nitrogen and oxygen atoms in total. The quantitative estimate of drug-likeness (QED) is 0.351. The molecule has 0 saturated heterocycles. The third-order valence-electron chi connectivity index (χ3n) is 4.52. The number of amides is 2. The molecule has 3 rings (SSSR count). The van der Waals surface area contributed by atoms with E-state index in [1.54, 1.807) is 60.7 Å². The lowest BCUT2D eigenvalue weighted by molar-refractivity contribution is 0.0496. The zero-order valence-electron chi connectivity index (χ0n) is 18.2. The van der Waals surface area contributed by atoms with Gasteiger partial charge in [-0.15, -0.1) is 0 Å². The van der Waals surface area contributed by atoms with Crippen molar-refractivity contribution in [1.29, 1.82) is 0 Å². The van der Waals surface area contributed by atoms with E-state index in [1.165, 1.54) is 18.3 Å². The summed E-state index contributed by atoms with van der Waals surface area (Å²) in [6.07, 6.45) is 1.34. The fraction of sp³-hybridized carbons (Fsp3) is 0.160. The van der Waals surface area contributed by atoms with Crippen LogP contribution in [0.2, 0.25) is 0 Å². The Kier molecular flexibility index (Phi) is 8.86. The highest BCUT2D eigenvalue weighted by atomic mass is 16.5. The average molecular weight is 461 g/mol. The highest BCUT2D eigenvalue weighted by Gasteiger charge is 2.13. The number of ether oxygens (including phenoxy) is 2. The van der Waals surface area contributed by atoms with Gasteiger partial charge in [-0.25, -0.2) is 9.59 Å². The molecule has 174 valence electrons. The van der Waals surface area contributed by atoms with Gasteiger partial charge in [-0.1, -0.05) is 36.4 Å². The van der Waals surface area contributed by atoms with Crippen molar-refractivity contribution in [3.8, 4) is 0 Å². The van der Waals surface area contributed by atoms with Crippen LogP contribution in [0.25, 0.3) is 0 Å². The fourth-order valence-electron chi connectivity index (χ4n) is 2.82. The van der Waals surface area contributed by atoms with E-state index in [0.717, 1.165) is 0 Å². The van der Waals surface area contributed by atoms with Crippen LogP contribution in [0.5, 0.6) is 0 Å². The van der Waals surface area contributed by atoms with Crippen LogP contribution in [-0.4, -0.2) is 55.0 Å². The van der Waals surface area contributed by atoms with E-state index in [4.69, 9.17) is 9.47 Å². The molecule has 0 fully saturated rings. The first-order valence-electron chi connectivity index (χ1n) is 10.5. The smallest absolute Gasteiger partial charge is 0.338 e. The number of esters is 2. The second kappa shape index (κ2) is 12.5. The van der Waals surface area contributed by atoms with Crippen molar-refractivity contribution in [2.75, 3.05) is 26.3 Å². The van der Waals surface area contributed by atoms with Crippen LogP contribution in [0.1, 0.15) is 41.6 Å². The molecule has 2 amide bonds. The summed E-state index contributed by atoms with van der Waals surface area (Å²) in [4.78, 5) is 52.4. The maximum atomic E-state index is 12.3. The van der Waals surface area contributed by atoms with Crippen molar-refractivity contribution in [2.24, 2.45) is 0 Å². The summed E-state index contributed by atoms with van der Waals surface area (Å²) >= 11 is 0. The average Bonchev–Trinajstić information content (AvgIpc) is 2.89. The standard InChI is InChI=1S/C25H23N3O6/c29-22(27-13-15-33-24(31)18-7-3-1-4-8-18)20-11-12-26-21(17-20)23(30)28-14-16-34-25(32)19-9-5-2-6-10-19/h1-12,17H,13-16H2,(H,27,29)(H,28,30). The Labute approximate surface area is 196 Å². The van der Waals surface area contributed by atoms with E-state index in [2.05, 4.69) is 15.6 Å². The first-order valence-corrected chi connectivity index (χ1v) is 10.5. The summed E-state index contributed by atoms with van der Waals surface area (Å²) < 4.78 is 10.2. The van der Waals surface area contributed by atoms with Crippen LogP contribution in [0.3, 0.4) is 0 Å². The Morgan fingerprint density at radius 2 is 1.15 bits per heavy atom. The number of hydrogen-bond acceptors (Lipinski definition) is 7. The van der Waals surface area contributed by atoms with Crippen LogP contribution in [0.15, 0.2) is 79.0 Å². The summed E-state index contributed by atoms with van der Waals surface area (Å²) in [5.74, 6) is -1.92. The van der Waals surface area contributed by atoms with E-state index in [0.29, 0.717) is 11.1 Å². The van der Waals surface area contributed by atoms with E-state index in [9.17, 15) is 19.2 Å². The minimum absolute atomic E-state index is 0.000401. The molecule has 0 atom stereocenters. The van der Waals surface area contributed by atoms with Gasteiger partial charge in [0, 0.05) is 11.8 Å². The molecule has 3 aromatic rings. The molecular formula is C25H23N3O6. The molecule has 0 unspecified atom stereocenters. The third kappa shape index (κ3) is 7.27. The number of pyridine rings is 1. The van der Waals surface area contributed by atoms with Crippen molar-refractivity contribution < 1.29 is 28.7 Å². The summed E-state index contributed by atoms with van der Waals surface area (Å²) in [6.45, 7) is 0.178. The van der Waals surface area contributed by atoms with Gasteiger partial charge >= 0.3 is 11.9 Å². The molecule has 0 radical (unpaired) electrons. The summed E-state index contributed by atoms with van der Waals surface area (Å²) in [7, 11) is 0. The minimum Gasteiger partial charge on any atom is -0.460 e. The van der Waals surface area contributed by atoms with Crippen molar-refractivity contribution >= 4 is 23.8 Å².